The monoisotopic (exact) mass is 247 g/mol. The molecule has 0 atom stereocenters. The van der Waals surface area contributed by atoms with E-state index in [4.69, 9.17) is 10.5 Å². The first-order valence-corrected chi connectivity index (χ1v) is 6.61. The van der Waals surface area contributed by atoms with Crippen LogP contribution < -0.4 is 10.5 Å². The number of hydrogen-bond donors (Lipinski definition) is 1. The van der Waals surface area contributed by atoms with Crippen LogP contribution in [0.5, 0.6) is 5.75 Å². The lowest BCUT2D eigenvalue weighted by molar-refractivity contribution is 0.242. The Bertz CT molecular complexity index is 490. The summed E-state index contributed by atoms with van der Waals surface area (Å²) < 4.78 is 5.69. The van der Waals surface area contributed by atoms with E-state index in [0.717, 1.165) is 5.75 Å². The Hall–Kier alpha value is -1.32. The Balaban J connectivity index is 2.26. The average molecular weight is 247 g/mol. The molecule has 0 bridgehead atoms. The molecule has 0 aliphatic heterocycles. The number of rotatable bonds is 4. The fraction of sp³-hybridized carbons (Fsp3) is 0.286. The van der Waals surface area contributed by atoms with Crippen molar-refractivity contribution in [2.75, 3.05) is 0 Å². The van der Waals surface area contributed by atoms with E-state index in [1.807, 2.05) is 26.0 Å². The normalized spacial score (nSPS) is 10.8. The van der Waals surface area contributed by atoms with Gasteiger partial charge in [0.2, 0.25) is 0 Å². The molecule has 1 aromatic carbocycles. The maximum Gasteiger partial charge on any atom is 0.120 e. The summed E-state index contributed by atoms with van der Waals surface area (Å²) in [4.78, 5) is 1.20. The molecule has 0 saturated heterocycles. The second-order valence-corrected chi connectivity index (χ2v) is 5.20. The van der Waals surface area contributed by atoms with Crippen LogP contribution in [0, 0.1) is 0 Å². The first kappa shape index (κ1) is 12.1. The van der Waals surface area contributed by atoms with Gasteiger partial charge in [0.1, 0.15) is 5.75 Å². The molecular weight excluding hydrogens is 230 g/mol. The highest BCUT2D eigenvalue weighted by atomic mass is 32.1. The van der Waals surface area contributed by atoms with Crippen molar-refractivity contribution in [2.24, 2.45) is 5.73 Å². The van der Waals surface area contributed by atoms with Crippen molar-refractivity contribution in [1.82, 2.24) is 0 Å². The summed E-state index contributed by atoms with van der Waals surface area (Å²) in [6.07, 6.45) is 0.201. The Morgan fingerprint density at radius 3 is 2.71 bits per heavy atom. The van der Waals surface area contributed by atoms with Crippen molar-refractivity contribution in [3.63, 3.8) is 0 Å². The number of thiophene rings is 1. The molecule has 2 N–H and O–H groups in total. The molecule has 0 amide bonds. The molecule has 0 fully saturated rings. The standard InChI is InChI=1S/C14H17NOS/c1-10(2)16-13-5-3-4-11(6-13)12-7-14(8-15)17-9-12/h3-7,9-10H,8,15H2,1-2H3. The lowest BCUT2D eigenvalue weighted by Crippen LogP contribution is -2.05. The molecule has 17 heavy (non-hydrogen) atoms. The Morgan fingerprint density at radius 1 is 1.24 bits per heavy atom. The zero-order chi connectivity index (χ0) is 12.3. The second kappa shape index (κ2) is 5.34. The predicted molar refractivity (Wildman–Crippen MR) is 73.4 cm³/mol. The molecule has 0 radical (unpaired) electrons. The van der Waals surface area contributed by atoms with Crippen LogP contribution in [-0.4, -0.2) is 6.10 Å². The lowest BCUT2D eigenvalue weighted by Gasteiger charge is -2.10. The molecule has 2 nitrogen and oxygen atoms in total. The van der Waals surface area contributed by atoms with Gasteiger partial charge < -0.3 is 10.5 Å². The number of nitrogens with two attached hydrogens (primary N) is 1. The summed E-state index contributed by atoms with van der Waals surface area (Å²) in [5, 5.41) is 2.14. The van der Waals surface area contributed by atoms with E-state index in [1.54, 1.807) is 11.3 Å². The minimum absolute atomic E-state index is 0.201. The van der Waals surface area contributed by atoms with Crippen molar-refractivity contribution in [3.8, 4) is 16.9 Å². The van der Waals surface area contributed by atoms with Gasteiger partial charge in [-0.1, -0.05) is 12.1 Å². The van der Waals surface area contributed by atoms with Gasteiger partial charge in [-0.25, -0.2) is 0 Å². The zero-order valence-electron chi connectivity index (χ0n) is 10.1. The molecule has 90 valence electrons. The third-order valence-corrected chi connectivity index (χ3v) is 3.35. The summed E-state index contributed by atoms with van der Waals surface area (Å²) >= 11 is 1.70. The maximum absolute atomic E-state index is 5.69. The van der Waals surface area contributed by atoms with Crippen molar-refractivity contribution < 1.29 is 4.74 Å². The third-order valence-electron chi connectivity index (χ3n) is 2.39. The molecule has 0 aliphatic carbocycles. The molecule has 1 heterocycles. The van der Waals surface area contributed by atoms with Crippen LogP contribution in [0.3, 0.4) is 0 Å². The van der Waals surface area contributed by atoms with E-state index in [2.05, 4.69) is 23.6 Å². The third kappa shape index (κ3) is 3.08. The van der Waals surface area contributed by atoms with Crippen LogP contribution in [0.15, 0.2) is 35.7 Å². The molecule has 0 saturated carbocycles. The largest absolute Gasteiger partial charge is 0.491 e. The molecule has 0 spiro atoms. The zero-order valence-corrected chi connectivity index (χ0v) is 11.0. The molecule has 0 aliphatic rings. The van der Waals surface area contributed by atoms with Gasteiger partial charge >= 0.3 is 0 Å². The van der Waals surface area contributed by atoms with Crippen LogP contribution in [0.2, 0.25) is 0 Å². The van der Waals surface area contributed by atoms with E-state index >= 15 is 0 Å². The fourth-order valence-electron chi connectivity index (χ4n) is 1.66. The van der Waals surface area contributed by atoms with Crippen molar-refractivity contribution >= 4 is 11.3 Å². The SMILES string of the molecule is CC(C)Oc1cccc(-c2csc(CN)c2)c1. The molecular formula is C14H17NOS. The molecule has 2 rings (SSSR count). The highest BCUT2D eigenvalue weighted by Gasteiger charge is 2.04. The molecule has 2 aromatic rings. The van der Waals surface area contributed by atoms with Crippen LogP contribution in [0.1, 0.15) is 18.7 Å². The van der Waals surface area contributed by atoms with E-state index < -0.39 is 0 Å². The van der Waals surface area contributed by atoms with Crippen LogP contribution in [0.25, 0.3) is 11.1 Å². The highest BCUT2D eigenvalue weighted by Crippen LogP contribution is 2.28. The predicted octanol–water partition coefficient (Wildman–Crippen LogP) is 3.66. The molecule has 1 aromatic heterocycles. The van der Waals surface area contributed by atoms with E-state index in [1.165, 1.54) is 16.0 Å². The van der Waals surface area contributed by atoms with E-state index in [0.29, 0.717) is 6.54 Å². The van der Waals surface area contributed by atoms with E-state index in [-0.39, 0.29) is 6.10 Å². The van der Waals surface area contributed by atoms with Crippen LogP contribution in [0.4, 0.5) is 0 Å². The van der Waals surface area contributed by atoms with Crippen LogP contribution >= 0.6 is 11.3 Å². The van der Waals surface area contributed by atoms with Gasteiger partial charge in [0, 0.05) is 11.4 Å². The van der Waals surface area contributed by atoms with Gasteiger partial charge in [0.25, 0.3) is 0 Å². The first-order valence-electron chi connectivity index (χ1n) is 5.73. The number of hydrogen-bond acceptors (Lipinski definition) is 3. The van der Waals surface area contributed by atoms with Gasteiger partial charge in [0.05, 0.1) is 6.10 Å². The number of ether oxygens (including phenoxy) is 1. The summed E-state index contributed by atoms with van der Waals surface area (Å²) in [6, 6.07) is 10.3. The Kier molecular flexibility index (Phi) is 3.82. The van der Waals surface area contributed by atoms with Crippen molar-refractivity contribution in [2.45, 2.75) is 26.5 Å². The maximum atomic E-state index is 5.69. The lowest BCUT2D eigenvalue weighted by atomic mass is 10.1. The summed E-state index contributed by atoms with van der Waals surface area (Å²) in [7, 11) is 0. The van der Waals surface area contributed by atoms with Crippen molar-refractivity contribution in [3.05, 3.63) is 40.6 Å². The summed E-state index contributed by atoms with van der Waals surface area (Å²) in [6.45, 7) is 4.67. The van der Waals surface area contributed by atoms with E-state index in [9.17, 15) is 0 Å². The molecule has 3 heteroatoms. The van der Waals surface area contributed by atoms with Gasteiger partial charge in [-0.2, -0.15) is 0 Å². The van der Waals surface area contributed by atoms with Crippen LogP contribution in [-0.2, 0) is 6.54 Å². The smallest absolute Gasteiger partial charge is 0.120 e. The average Bonchev–Trinajstić information content (AvgIpc) is 2.77. The van der Waals surface area contributed by atoms with Gasteiger partial charge in [-0.05, 0) is 48.6 Å². The quantitative estimate of drug-likeness (QED) is 0.894. The van der Waals surface area contributed by atoms with Crippen molar-refractivity contribution in [1.29, 1.82) is 0 Å². The van der Waals surface area contributed by atoms with Gasteiger partial charge in [-0.15, -0.1) is 11.3 Å². The van der Waals surface area contributed by atoms with Gasteiger partial charge in [0.15, 0.2) is 0 Å². The minimum atomic E-state index is 0.201. The second-order valence-electron chi connectivity index (χ2n) is 4.20. The first-order chi connectivity index (χ1) is 8.19. The Morgan fingerprint density at radius 2 is 2.06 bits per heavy atom. The minimum Gasteiger partial charge on any atom is -0.491 e. The summed E-state index contributed by atoms with van der Waals surface area (Å²) in [5.74, 6) is 0.915. The fourth-order valence-corrected chi connectivity index (χ4v) is 2.43. The summed E-state index contributed by atoms with van der Waals surface area (Å²) in [5.41, 5.74) is 8.02. The highest BCUT2D eigenvalue weighted by molar-refractivity contribution is 7.10. The van der Waals surface area contributed by atoms with Gasteiger partial charge in [-0.3, -0.25) is 0 Å². The topological polar surface area (TPSA) is 35.2 Å². The molecule has 0 unspecified atom stereocenters. The number of benzene rings is 1. The Labute approximate surface area is 106 Å².